The lowest BCUT2D eigenvalue weighted by Gasteiger charge is -2.16. The minimum atomic E-state index is -0.0255. The molecule has 1 fully saturated rings. The highest BCUT2D eigenvalue weighted by atomic mass is 16.1. The predicted octanol–water partition coefficient (Wildman–Crippen LogP) is 1.00. The Labute approximate surface area is 91.1 Å². The Morgan fingerprint density at radius 2 is 1.33 bits per heavy atom. The van der Waals surface area contributed by atoms with E-state index in [1.165, 1.54) is 0 Å². The van der Waals surface area contributed by atoms with Crippen LogP contribution in [0, 0.1) is 23.7 Å². The van der Waals surface area contributed by atoms with Crippen LogP contribution in [0.4, 0.5) is 0 Å². The minimum absolute atomic E-state index is 0.0255. The molecule has 3 nitrogen and oxygen atoms in total. The summed E-state index contributed by atoms with van der Waals surface area (Å²) in [6.07, 6.45) is 7.03. The standard InChI is InChI=1S/C9H10O2.C3H9N/c10-4-8-6-1-2-7(3-6)9(8)5-11;1-4(2)3/h1-2,4-9H,3H2;1-3H3. The number of aldehydes is 2. The molecule has 0 N–H and O–H groups in total. The van der Waals surface area contributed by atoms with Crippen molar-refractivity contribution in [3.05, 3.63) is 12.2 Å². The maximum Gasteiger partial charge on any atom is 0.124 e. The lowest BCUT2D eigenvalue weighted by Crippen LogP contribution is -2.21. The lowest BCUT2D eigenvalue weighted by atomic mass is 9.85. The third-order valence-electron chi connectivity index (χ3n) is 2.90. The summed E-state index contributed by atoms with van der Waals surface area (Å²) in [4.78, 5) is 23.1. The second kappa shape index (κ2) is 5.21. The van der Waals surface area contributed by atoms with Crippen molar-refractivity contribution in [3.8, 4) is 0 Å². The average Bonchev–Trinajstić information content (AvgIpc) is 2.74. The second-order valence-corrected chi connectivity index (χ2v) is 4.72. The zero-order valence-corrected chi connectivity index (χ0v) is 9.59. The van der Waals surface area contributed by atoms with Gasteiger partial charge in [-0.3, -0.25) is 0 Å². The van der Waals surface area contributed by atoms with Gasteiger partial charge in [0.1, 0.15) is 12.6 Å². The van der Waals surface area contributed by atoms with E-state index >= 15 is 0 Å². The normalized spacial score (nSPS) is 36.3. The van der Waals surface area contributed by atoms with Crippen molar-refractivity contribution >= 4 is 12.6 Å². The molecule has 4 unspecified atom stereocenters. The summed E-state index contributed by atoms with van der Waals surface area (Å²) >= 11 is 0. The number of allylic oxidation sites excluding steroid dienone is 2. The van der Waals surface area contributed by atoms with E-state index in [1.54, 1.807) is 0 Å². The first kappa shape index (κ1) is 12.1. The quantitative estimate of drug-likeness (QED) is 0.503. The number of fused-ring (bicyclic) bond motifs is 2. The van der Waals surface area contributed by atoms with Gasteiger partial charge in [0.2, 0.25) is 0 Å². The summed E-state index contributed by atoms with van der Waals surface area (Å²) in [5.74, 6) is 0.658. The van der Waals surface area contributed by atoms with Gasteiger partial charge in [0.05, 0.1) is 0 Å². The lowest BCUT2D eigenvalue weighted by molar-refractivity contribution is -0.119. The second-order valence-electron chi connectivity index (χ2n) is 4.72. The van der Waals surface area contributed by atoms with E-state index in [1.807, 2.05) is 26.0 Å². The van der Waals surface area contributed by atoms with E-state index in [-0.39, 0.29) is 11.8 Å². The fraction of sp³-hybridized carbons (Fsp3) is 0.667. The molecular weight excluding hydrogens is 190 g/mol. The molecule has 0 saturated heterocycles. The zero-order chi connectivity index (χ0) is 11.4. The van der Waals surface area contributed by atoms with Crippen molar-refractivity contribution in [2.45, 2.75) is 6.42 Å². The van der Waals surface area contributed by atoms with Crippen molar-refractivity contribution in [3.63, 3.8) is 0 Å². The van der Waals surface area contributed by atoms with Crippen LogP contribution in [0.25, 0.3) is 0 Å². The fourth-order valence-corrected chi connectivity index (χ4v) is 2.28. The molecule has 0 aromatic heterocycles. The Bertz CT molecular complexity index is 236. The molecule has 0 amide bonds. The third kappa shape index (κ3) is 2.75. The number of rotatable bonds is 2. The molecule has 0 aromatic rings. The minimum Gasteiger partial charge on any atom is -0.312 e. The molecule has 0 radical (unpaired) electrons. The van der Waals surface area contributed by atoms with Crippen molar-refractivity contribution in [1.29, 1.82) is 0 Å². The van der Waals surface area contributed by atoms with E-state index in [4.69, 9.17) is 0 Å². The molecular formula is C12H19NO2. The van der Waals surface area contributed by atoms with Crippen molar-refractivity contribution in [1.82, 2.24) is 4.90 Å². The Balaban J connectivity index is 0.000000245. The molecule has 0 aromatic carbocycles. The average molecular weight is 209 g/mol. The predicted molar refractivity (Wildman–Crippen MR) is 59.5 cm³/mol. The van der Waals surface area contributed by atoms with Gasteiger partial charge in [0.15, 0.2) is 0 Å². The Hall–Kier alpha value is -0.960. The highest BCUT2D eigenvalue weighted by molar-refractivity contribution is 5.68. The van der Waals surface area contributed by atoms with Crippen LogP contribution in [0.2, 0.25) is 0 Å². The molecule has 0 aliphatic heterocycles. The summed E-state index contributed by atoms with van der Waals surface area (Å²) in [7, 11) is 6.00. The fourth-order valence-electron chi connectivity index (χ4n) is 2.28. The highest BCUT2D eigenvalue weighted by Crippen LogP contribution is 2.45. The third-order valence-corrected chi connectivity index (χ3v) is 2.90. The van der Waals surface area contributed by atoms with Crippen molar-refractivity contribution in [2.24, 2.45) is 23.7 Å². The van der Waals surface area contributed by atoms with Gasteiger partial charge >= 0.3 is 0 Å². The molecule has 15 heavy (non-hydrogen) atoms. The van der Waals surface area contributed by atoms with E-state index in [9.17, 15) is 9.59 Å². The number of hydrogen-bond acceptors (Lipinski definition) is 3. The molecule has 0 spiro atoms. The first-order chi connectivity index (χ1) is 7.10. The van der Waals surface area contributed by atoms with Gasteiger partial charge in [0.25, 0.3) is 0 Å². The van der Waals surface area contributed by atoms with E-state index in [0.717, 1.165) is 19.0 Å². The van der Waals surface area contributed by atoms with E-state index in [2.05, 4.69) is 12.2 Å². The molecule has 2 aliphatic carbocycles. The van der Waals surface area contributed by atoms with Crippen LogP contribution in [0.5, 0.6) is 0 Å². The van der Waals surface area contributed by atoms with Gasteiger partial charge in [-0.15, -0.1) is 0 Å². The van der Waals surface area contributed by atoms with E-state index in [0.29, 0.717) is 11.8 Å². The summed E-state index contributed by atoms with van der Waals surface area (Å²) < 4.78 is 0. The molecule has 2 rings (SSSR count). The van der Waals surface area contributed by atoms with Gasteiger partial charge in [-0.1, -0.05) is 12.2 Å². The monoisotopic (exact) mass is 209 g/mol. The first-order valence-corrected chi connectivity index (χ1v) is 5.30. The smallest absolute Gasteiger partial charge is 0.124 e. The molecule has 2 bridgehead atoms. The SMILES string of the molecule is CN(C)C.O=CC1C2C=CC(C2)C1C=O. The van der Waals surface area contributed by atoms with Crippen LogP contribution in [-0.2, 0) is 9.59 Å². The Morgan fingerprint density at radius 1 is 1.00 bits per heavy atom. The maximum atomic E-state index is 10.6. The topological polar surface area (TPSA) is 37.4 Å². The summed E-state index contributed by atoms with van der Waals surface area (Å²) in [5.41, 5.74) is 0. The zero-order valence-electron chi connectivity index (χ0n) is 9.59. The van der Waals surface area contributed by atoms with Gasteiger partial charge in [-0.05, 0) is 39.4 Å². The summed E-state index contributed by atoms with van der Waals surface area (Å²) in [6.45, 7) is 0. The molecule has 1 saturated carbocycles. The molecule has 4 atom stereocenters. The first-order valence-electron chi connectivity index (χ1n) is 5.30. The Kier molecular flexibility index (Phi) is 4.21. The highest BCUT2D eigenvalue weighted by Gasteiger charge is 2.43. The van der Waals surface area contributed by atoms with Gasteiger partial charge in [0, 0.05) is 11.8 Å². The van der Waals surface area contributed by atoms with Crippen LogP contribution in [0.1, 0.15) is 6.42 Å². The van der Waals surface area contributed by atoms with Crippen LogP contribution >= 0.6 is 0 Å². The molecule has 3 heteroatoms. The summed E-state index contributed by atoms with van der Waals surface area (Å²) in [6, 6.07) is 0. The molecule has 2 aliphatic rings. The molecule has 84 valence electrons. The van der Waals surface area contributed by atoms with Crippen molar-refractivity contribution < 1.29 is 9.59 Å². The summed E-state index contributed by atoms with van der Waals surface area (Å²) in [5, 5.41) is 0. The van der Waals surface area contributed by atoms with Crippen molar-refractivity contribution in [2.75, 3.05) is 21.1 Å². The van der Waals surface area contributed by atoms with Crippen LogP contribution in [0.3, 0.4) is 0 Å². The van der Waals surface area contributed by atoms with Gasteiger partial charge < -0.3 is 14.5 Å². The number of carbonyl (C=O) groups excluding carboxylic acids is 2. The van der Waals surface area contributed by atoms with Crippen LogP contribution in [-0.4, -0.2) is 38.6 Å². The number of nitrogens with zero attached hydrogens (tertiary/aromatic N) is 1. The number of hydrogen-bond donors (Lipinski definition) is 0. The van der Waals surface area contributed by atoms with Gasteiger partial charge in [-0.2, -0.15) is 0 Å². The Morgan fingerprint density at radius 3 is 1.60 bits per heavy atom. The van der Waals surface area contributed by atoms with Crippen LogP contribution < -0.4 is 0 Å². The van der Waals surface area contributed by atoms with E-state index < -0.39 is 0 Å². The van der Waals surface area contributed by atoms with Gasteiger partial charge in [-0.25, -0.2) is 0 Å². The van der Waals surface area contributed by atoms with Crippen LogP contribution in [0.15, 0.2) is 12.2 Å². The maximum absolute atomic E-state index is 10.6. The molecule has 0 heterocycles. The number of carbonyl (C=O) groups is 2. The largest absolute Gasteiger partial charge is 0.312 e.